The van der Waals surface area contributed by atoms with E-state index in [-0.39, 0.29) is 17.4 Å². The number of nitrogens with zero attached hydrogens (tertiary/aromatic N) is 3. The fraction of sp³-hybridized carbons (Fsp3) is 0.778. The van der Waals surface area contributed by atoms with Gasteiger partial charge in [-0.25, -0.2) is 0 Å². The van der Waals surface area contributed by atoms with Crippen molar-refractivity contribution in [1.82, 2.24) is 25.3 Å². The molecule has 0 aromatic carbocycles. The second-order valence-electron chi connectivity index (χ2n) is 8.31. The second kappa shape index (κ2) is 6.15. The highest BCUT2D eigenvalue weighted by molar-refractivity contribution is 5.82. The van der Waals surface area contributed by atoms with Gasteiger partial charge in [-0.05, 0) is 63.7 Å². The van der Waals surface area contributed by atoms with Gasteiger partial charge in [-0.15, -0.1) is 0 Å². The van der Waals surface area contributed by atoms with Crippen molar-refractivity contribution in [3.63, 3.8) is 0 Å². The Bertz CT molecular complexity index is 574. The van der Waals surface area contributed by atoms with Crippen LogP contribution in [-0.2, 0) is 11.3 Å². The van der Waals surface area contributed by atoms with E-state index in [0.29, 0.717) is 5.41 Å². The maximum absolute atomic E-state index is 12.8. The molecule has 0 unspecified atom stereocenters. The van der Waals surface area contributed by atoms with Crippen molar-refractivity contribution in [3.05, 3.63) is 18.5 Å². The van der Waals surface area contributed by atoms with Gasteiger partial charge in [0.1, 0.15) is 0 Å². The molecule has 3 aliphatic rings. The van der Waals surface area contributed by atoms with Gasteiger partial charge in [0.05, 0.1) is 6.04 Å². The van der Waals surface area contributed by atoms with Gasteiger partial charge in [0.25, 0.3) is 0 Å². The first-order valence-corrected chi connectivity index (χ1v) is 9.26. The highest BCUT2D eigenvalue weighted by Gasteiger charge is 2.47. The van der Waals surface area contributed by atoms with Gasteiger partial charge in [-0.2, -0.15) is 5.10 Å². The van der Waals surface area contributed by atoms with Crippen LogP contribution in [0, 0.1) is 10.8 Å². The van der Waals surface area contributed by atoms with Gasteiger partial charge in [0.2, 0.25) is 5.91 Å². The number of hydrogen-bond donors (Lipinski definition) is 2. The average Bonchev–Trinajstić information content (AvgIpc) is 2.99. The first-order chi connectivity index (χ1) is 11.6. The summed E-state index contributed by atoms with van der Waals surface area (Å²) in [6, 6.07) is 2.00. The normalized spacial score (nSPS) is 28.1. The molecule has 3 heterocycles. The van der Waals surface area contributed by atoms with Crippen molar-refractivity contribution in [3.8, 4) is 0 Å². The summed E-state index contributed by atoms with van der Waals surface area (Å²) in [5.74, 6) is 0.222. The molecule has 0 radical (unpaired) electrons. The van der Waals surface area contributed by atoms with Crippen molar-refractivity contribution in [2.24, 2.45) is 10.8 Å². The SMILES string of the molecule is CN1CC2(CCNCC2)C[C@@H]1C(=O)NCC1(Cn2cccn2)CC1. The summed E-state index contributed by atoms with van der Waals surface area (Å²) in [6.07, 6.45) is 9.61. The van der Waals surface area contributed by atoms with Gasteiger partial charge in [0, 0.05) is 37.4 Å². The zero-order valence-corrected chi connectivity index (χ0v) is 14.6. The largest absolute Gasteiger partial charge is 0.354 e. The molecule has 1 aromatic rings. The van der Waals surface area contributed by atoms with Crippen molar-refractivity contribution in [2.75, 3.05) is 33.2 Å². The average molecular weight is 331 g/mol. The Morgan fingerprint density at radius 1 is 1.33 bits per heavy atom. The first kappa shape index (κ1) is 16.1. The van der Waals surface area contributed by atoms with Crippen molar-refractivity contribution >= 4 is 5.91 Å². The fourth-order valence-corrected chi connectivity index (χ4v) is 4.58. The van der Waals surface area contributed by atoms with Crippen LogP contribution in [0.1, 0.15) is 32.1 Å². The van der Waals surface area contributed by atoms with E-state index < -0.39 is 0 Å². The third-order valence-corrected chi connectivity index (χ3v) is 6.36. The third-order valence-electron chi connectivity index (χ3n) is 6.36. The molecule has 1 saturated carbocycles. The summed E-state index contributed by atoms with van der Waals surface area (Å²) in [5, 5.41) is 11.0. The summed E-state index contributed by atoms with van der Waals surface area (Å²) in [4.78, 5) is 15.0. The molecule has 24 heavy (non-hydrogen) atoms. The molecule has 6 nitrogen and oxygen atoms in total. The summed E-state index contributed by atoms with van der Waals surface area (Å²) < 4.78 is 1.99. The molecule has 2 N–H and O–H groups in total. The molecule has 3 fully saturated rings. The number of nitrogens with one attached hydrogen (secondary N) is 2. The lowest BCUT2D eigenvalue weighted by Gasteiger charge is -2.33. The van der Waals surface area contributed by atoms with Crippen molar-refractivity contribution < 1.29 is 4.79 Å². The van der Waals surface area contributed by atoms with Crippen LogP contribution < -0.4 is 10.6 Å². The molecule has 1 atom stereocenters. The maximum Gasteiger partial charge on any atom is 0.237 e. The summed E-state index contributed by atoms with van der Waals surface area (Å²) >= 11 is 0. The number of hydrogen-bond acceptors (Lipinski definition) is 4. The Labute approximate surface area is 144 Å². The van der Waals surface area contributed by atoms with E-state index >= 15 is 0 Å². The van der Waals surface area contributed by atoms with E-state index in [1.54, 1.807) is 0 Å². The molecule has 1 amide bonds. The van der Waals surface area contributed by atoms with E-state index in [9.17, 15) is 4.79 Å². The van der Waals surface area contributed by atoms with Crippen LogP contribution in [0.15, 0.2) is 18.5 Å². The fourth-order valence-electron chi connectivity index (χ4n) is 4.58. The van der Waals surface area contributed by atoms with Crippen LogP contribution >= 0.6 is 0 Å². The van der Waals surface area contributed by atoms with Crippen molar-refractivity contribution in [1.29, 1.82) is 0 Å². The van der Waals surface area contributed by atoms with Crippen LogP contribution in [0.5, 0.6) is 0 Å². The van der Waals surface area contributed by atoms with E-state index in [0.717, 1.165) is 39.1 Å². The topological polar surface area (TPSA) is 62.2 Å². The van der Waals surface area contributed by atoms with Crippen LogP contribution in [0.25, 0.3) is 0 Å². The molecule has 6 heteroatoms. The van der Waals surface area contributed by atoms with E-state index in [4.69, 9.17) is 0 Å². The molecular weight excluding hydrogens is 302 g/mol. The molecule has 1 spiro atoms. The Morgan fingerprint density at radius 3 is 2.79 bits per heavy atom. The van der Waals surface area contributed by atoms with E-state index in [1.165, 1.54) is 25.7 Å². The number of piperidine rings is 1. The lowest BCUT2D eigenvalue weighted by molar-refractivity contribution is -0.125. The van der Waals surface area contributed by atoms with E-state index in [1.807, 2.05) is 23.1 Å². The minimum atomic E-state index is 0.0450. The van der Waals surface area contributed by atoms with Gasteiger partial charge in [-0.3, -0.25) is 14.4 Å². The predicted octanol–water partition coefficient (Wildman–Crippen LogP) is 0.853. The van der Waals surface area contributed by atoms with Crippen molar-refractivity contribution in [2.45, 2.75) is 44.7 Å². The van der Waals surface area contributed by atoms with Gasteiger partial charge >= 0.3 is 0 Å². The molecule has 0 bridgehead atoms. The standard InChI is InChI=1S/C18H29N5O/c1-22-13-17(5-8-19-9-6-17)11-15(22)16(24)20-12-18(3-4-18)14-23-10-2-7-21-23/h2,7,10,15,19H,3-6,8-9,11-14H2,1H3,(H,20,24)/t15-/m1/s1. The predicted molar refractivity (Wildman–Crippen MR) is 92.5 cm³/mol. The maximum atomic E-state index is 12.8. The second-order valence-corrected chi connectivity index (χ2v) is 8.31. The Morgan fingerprint density at radius 2 is 2.12 bits per heavy atom. The monoisotopic (exact) mass is 331 g/mol. The first-order valence-electron chi connectivity index (χ1n) is 9.26. The molecule has 132 valence electrons. The summed E-state index contributed by atoms with van der Waals surface area (Å²) in [5.41, 5.74) is 0.583. The smallest absolute Gasteiger partial charge is 0.237 e. The lowest BCUT2D eigenvalue weighted by Crippen LogP contribution is -2.43. The Balaban J connectivity index is 1.31. The molecular formula is C18H29N5O. The molecule has 2 saturated heterocycles. The van der Waals surface area contributed by atoms with Crippen LogP contribution in [0.4, 0.5) is 0 Å². The molecule has 2 aliphatic heterocycles. The van der Waals surface area contributed by atoms with E-state index in [2.05, 4.69) is 27.7 Å². The van der Waals surface area contributed by atoms with Gasteiger partial charge in [-0.1, -0.05) is 0 Å². The Kier molecular flexibility index (Phi) is 4.12. The third kappa shape index (κ3) is 3.22. The number of amides is 1. The number of aromatic nitrogens is 2. The Hall–Kier alpha value is -1.40. The zero-order valence-electron chi connectivity index (χ0n) is 14.6. The number of rotatable bonds is 5. The molecule has 1 aliphatic carbocycles. The number of likely N-dealkylation sites (tertiary alicyclic amines) is 1. The van der Waals surface area contributed by atoms with Crippen LogP contribution in [-0.4, -0.2) is 59.9 Å². The quantitative estimate of drug-likeness (QED) is 0.840. The number of carbonyl (C=O) groups is 1. The highest BCUT2D eigenvalue weighted by atomic mass is 16.2. The molecule has 4 rings (SSSR count). The minimum absolute atomic E-state index is 0.0450. The van der Waals surface area contributed by atoms with Gasteiger partial charge in [0.15, 0.2) is 0 Å². The molecule has 1 aromatic heterocycles. The van der Waals surface area contributed by atoms with Crippen LogP contribution in [0.2, 0.25) is 0 Å². The number of likely N-dealkylation sites (N-methyl/N-ethyl adjacent to an activating group) is 1. The zero-order chi connectivity index (χ0) is 16.6. The summed E-state index contributed by atoms with van der Waals surface area (Å²) in [6.45, 7) is 4.94. The van der Waals surface area contributed by atoms with Gasteiger partial charge < -0.3 is 10.6 Å². The number of carbonyl (C=O) groups excluding carboxylic acids is 1. The highest BCUT2D eigenvalue weighted by Crippen LogP contribution is 2.46. The minimum Gasteiger partial charge on any atom is -0.354 e. The lowest BCUT2D eigenvalue weighted by atomic mass is 9.77. The summed E-state index contributed by atoms with van der Waals surface area (Å²) in [7, 11) is 2.11. The van der Waals surface area contributed by atoms with Crippen LogP contribution in [0.3, 0.4) is 0 Å².